The molecule has 0 aromatic rings. The molecule has 1 aliphatic carbocycles. The van der Waals surface area contributed by atoms with E-state index in [9.17, 15) is 8.42 Å². The molecule has 94 valence electrons. The Morgan fingerprint density at radius 3 is 2.44 bits per heavy atom. The Bertz CT molecular complexity index is 338. The van der Waals surface area contributed by atoms with Gasteiger partial charge in [-0.3, -0.25) is 0 Å². The van der Waals surface area contributed by atoms with E-state index in [1.807, 2.05) is 0 Å². The molecular weight excluding hydrogens is 246 g/mol. The Labute approximate surface area is 103 Å². The molecule has 2 atom stereocenters. The molecule has 0 amide bonds. The van der Waals surface area contributed by atoms with Crippen molar-refractivity contribution in [2.24, 2.45) is 5.92 Å². The van der Waals surface area contributed by atoms with Gasteiger partial charge in [-0.1, -0.05) is 19.8 Å². The summed E-state index contributed by atoms with van der Waals surface area (Å²) in [6, 6.07) is 0.0206. The van der Waals surface area contributed by atoms with Gasteiger partial charge in [-0.2, -0.15) is 4.31 Å². The predicted molar refractivity (Wildman–Crippen MR) is 66.2 cm³/mol. The van der Waals surface area contributed by atoms with Gasteiger partial charge in [-0.05, 0) is 25.2 Å². The number of alkyl halides is 1. The Hall–Kier alpha value is 0.200. The normalized spacial score (nSPS) is 33.6. The van der Waals surface area contributed by atoms with Gasteiger partial charge in [-0.15, -0.1) is 11.6 Å². The molecule has 5 heteroatoms. The number of rotatable bonds is 3. The van der Waals surface area contributed by atoms with Crippen molar-refractivity contribution in [2.75, 3.05) is 12.4 Å². The Kier molecular flexibility index (Phi) is 3.82. The van der Waals surface area contributed by atoms with Gasteiger partial charge in [0, 0.05) is 18.5 Å². The van der Waals surface area contributed by atoms with Gasteiger partial charge in [0.05, 0.1) is 5.25 Å². The van der Waals surface area contributed by atoms with E-state index in [1.54, 1.807) is 4.31 Å². The number of hydrogen-bond donors (Lipinski definition) is 0. The van der Waals surface area contributed by atoms with Gasteiger partial charge in [0.15, 0.2) is 0 Å². The van der Waals surface area contributed by atoms with Crippen molar-refractivity contribution in [1.82, 2.24) is 4.31 Å². The molecule has 0 aromatic heterocycles. The van der Waals surface area contributed by atoms with Crippen LogP contribution in [0.4, 0.5) is 0 Å². The van der Waals surface area contributed by atoms with Crippen molar-refractivity contribution in [3.63, 3.8) is 0 Å². The summed E-state index contributed by atoms with van der Waals surface area (Å²) in [5.74, 6) is 0.821. The van der Waals surface area contributed by atoms with Crippen LogP contribution >= 0.6 is 11.6 Å². The lowest BCUT2D eigenvalue weighted by Crippen LogP contribution is -2.43. The maximum absolute atomic E-state index is 12.4. The molecule has 2 aliphatic rings. The van der Waals surface area contributed by atoms with Gasteiger partial charge in [0.2, 0.25) is 10.0 Å². The van der Waals surface area contributed by atoms with Gasteiger partial charge in [0.25, 0.3) is 0 Å². The first kappa shape index (κ1) is 12.7. The average Bonchev–Trinajstić information content (AvgIpc) is 2.85. The van der Waals surface area contributed by atoms with Crippen LogP contribution in [-0.4, -0.2) is 36.4 Å². The SMILES string of the molecule is CC1CCN(S(=O)(=O)C2CCCC2)C1CCl. The Morgan fingerprint density at radius 1 is 1.25 bits per heavy atom. The maximum atomic E-state index is 12.4. The summed E-state index contributed by atoms with van der Waals surface area (Å²) in [5.41, 5.74) is 0. The quantitative estimate of drug-likeness (QED) is 0.734. The molecular formula is C11H20ClNO2S. The van der Waals surface area contributed by atoms with Gasteiger partial charge in [-0.25, -0.2) is 8.42 Å². The molecule has 2 rings (SSSR count). The van der Waals surface area contributed by atoms with E-state index in [2.05, 4.69) is 6.92 Å². The van der Waals surface area contributed by atoms with Gasteiger partial charge < -0.3 is 0 Å². The summed E-state index contributed by atoms with van der Waals surface area (Å²) in [4.78, 5) is 0. The van der Waals surface area contributed by atoms with E-state index in [0.717, 1.165) is 32.1 Å². The van der Waals surface area contributed by atoms with Crippen LogP contribution in [0.1, 0.15) is 39.0 Å². The second-order valence-electron chi connectivity index (χ2n) is 5.05. The summed E-state index contributed by atoms with van der Waals surface area (Å²) in [5, 5.41) is -0.136. The fourth-order valence-corrected chi connectivity index (χ4v) is 5.78. The summed E-state index contributed by atoms with van der Waals surface area (Å²) >= 11 is 5.90. The van der Waals surface area contributed by atoms with Crippen LogP contribution in [0, 0.1) is 5.92 Å². The van der Waals surface area contributed by atoms with E-state index in [-0.39, 0.29) is 11.3 Å². The van der Waals surface area contributed by atoms with Crippen molar-refractivity contribution in [2.45, 2.75) is 50.3 Å². The molecule has 2 fully saturated rings. The first-order chi connectivity index (χ1) is 7.57. The van der Waals surface area contributed by atoms with E-state index in [1.165, 1.54) is 0 Å². The van der Waals surface area contributed by atoms with Crippen molar-refractivity contribution in [3.8, 4) is 0 Å². The van der Waals surface area contributed by atoms with E-state index >= 15 is 0 Å². The van der Waals surface area contributed by atoms with Crippen molar-refractivity contribution >= 4 is 21.6 Å². The highest BCUT2D eigenvalue weighted by atomic mass is 35.5. The lowest BCUT2D eigenvalue weighted by Gasteiger charge is -2.27. The minimum Gasteiger partial charge on any atom is -0.212 e. The fraction of sp³-hybridized carbons (Fsp3) is 1.00. The standard InChI is InChI=1S/C11H20ClNO2S/c1-9-6-7-13(11(9)8-12)16(14,15)10-4-2-3-5-10/h9-11H,2-8H2,1H3. The molecule has 2 unspecified atom stereocenters. The van der Waals surface area contributed by atoms with Crippen LogP contribution in [0.15, 0.2) is 0 Å². The zero-order valence-corrected chi connectivity index (χ0v) is 11.3. The largest absolute Gasteiger partial charge is 0.217 e. The second-order valence-corrected chi connectivity index (χ2v) is 7.52. The Morgan fingerprint density at radius 2 is 1.88 bits per heavy atom. The molecule has 1 aliphatic heterocycles. The zero-order valence-electron chi connectivity index (χ0n) is 9.73. The minimum absolute atomic E-state index is 0.0206. The second kappa shape index (κ2) is 4.83. The third-order valence-corrected chi connectivity index (χ3v) is 6.78. The highest BCUT2D eigenvalue weighted by molar-refractivity contribution is 7.89. The summed E-state index contributed by atoms with van der Waals surface area (Å²) in [6.07, 6.45) is 4.73. The lowest BCUT2D eigenvalue weighted by atomic mass is 10.1. The zero-order chi connectivity index (χ0) is 11.8. The molecule has 0 spiro atoms. The first-order valence-electron chi connectivity index (χ1n) is 6.14. The maximum Gasteiger partial charge on any atom is 0.217 e. The van der Waals surface area contributed by atoms with E-state index < -0.39 is 10.0 Å². The van der Waals surface area contributed by atoms with E-state index in [4.69, 9.17) is 11.6 Å². The minimum atomic E-state index is -3.08. The van der Waals surface area contributed by atoms with Gasteiger partial charge >= 0.3 is 0 Å². The smallest absolute Gasteiger partial charge is 0.212 e. The van der Waals surface area contributed by atoms with Crippen LogP contribution < -0.4 is 0 Å². The summed E-state index contributed by atoms with van der Waals surface area (Å²) in [6.45, 7) is 2.76. The number of nitrogens with zero attached hydrogens (tertiary/aromatic N) is 1. The molecule has 0 bridgehead atoms. The number of hydrogen-bond acceptors (Lipinski definition) is 2. The highest BCUT2D eigenvalue weighted by Gasteiger charge is 2.42. The lowest BCUT2D eigenvalue weighted by molar-refractivity contribution is 0.369. The number of sulfonamides is 1. The molecule has 3 nitrogen and oxygen atoms in total. The van der Waals surface area contributed by atoms with Crippen molar-refractivity contribution in [3.05, 3.63) is 0 Å². The highest BCUT2D eigenvalue weighted by Crippen LogP contribution is 2.34. The first-order valence-corrected chi connectivity index (χ1v) is 8.17. The third kappa shape index (κ3) is 2.12. The van der Waals surface area contributed by atoms with Gasteiger partial charge in [0.1, 0.15) is 0 Å². The Balaban J connectivity index is 2.16. The van der Waals surface area contributed by atoms with Crippen molar-refractivity contribution in [1.29, 1.82) is 0 Å². The molecule has 0 N–H and O–H groups in total. The molecule has 0 radical (unpaired) electrons. The monoisotopic (exact) mass is 265 g/mol. The van der Waals surface area contributed by atoms with Crippen LogP contribution in [0.25, 0.3) is 0 Å². The topological polar surface area (TPSA) is 37.4 Å². The summed E-state index contributed by atoms with van der Waals surface area (Å²) < 4.78 is 26.5. The van der Waals surface area contributed by atoms with Crippen LogP contribution in [-0.2, 0) is 10.0 Å². The number of halogens is 1. The van der Waals surface area contributed by atoms with Crippen LogP contribution in [0.5, 0.6) is 0 Å². The van der Waals surface area contributed by atoms with Crippen LogP contribution in [0.2, 0.25) is 0 Å². The molecule has 1 heterocycles. The predicted octanol–water partition coefficient (Wildman–Crippen LogP) is 2.21. The molecule has 1 saturated carbocycles. The van der Waals surface area contributed by atoms with Crippen LogP contribution in [0.3, 0.4) is 0 Å². The van der Waals surface area contributed by atoms with E-state index in [0.29, 0.717) is 18.3 Å². The average molecular weight is 266 g/mol. The third-order valence-electron chi connectivity index (χ3n) is 4.04. The molecule has 0 aromatic carbocycles. The fourth-order valence-electron chi connectivity index (χ4n) is 2.90. The molecule has 1 saturated heterocycles. The molecule has 16 heavy (non-hydrogen) atoms. The summed E-state index contributed by atoms with van der Waals surface area (Å²) in [7, 11) is -3.08. The van der Waals surface area contributed by atoms with Crippen molar-refractivity contribution < 1.29 is 8.42 Å².